The number of thiazole rings is 1. The quantitative estimate of drug-likeness (QED) is 0.503. The lowest BCUT2D eigenvalue weighted by Gasteiger charge is -2.11. The summed E-state index contributed by atoms with van der Waals surface area (Å²) in [7, 11) is 0. The third-order valence-electron chi connectivity index (χ3n) is 2.06. The van der Waals surface area contributed by atoms with E-state index in [9.17, 15) is 9.59 Å². The summed E-state index contributed by atoms with van der Waals surface area (Å²) >= 11 is 1.21. The number of aromatic carboxylic acids is 1. The van der Waals surface area contributed by atoms with E-state index in [1.54, 1.807) is 13.0 Å². The van der Waals surface area contributed by atoms with Gasteiger partial charge >= 0.3 is 5.97 Å². The van der Waals surface area contributed by atoms with Crippen molar-refractivity contribution >= 4 is 23.2 Å². The molecular weight excluding hydrogens is 254 g/mol. The van der Waals surface area contributed by atoms with E-state index in [1.807, 2.05) is 0 Å². The van der Waals surface area contributed by atoms with Gasteiger partial charge in [-0.15, -0.1) is 17.9 Å². The molecular formula is C11H15N3O3S. The zero-order valence-electron chi connectivity index (χ0n) is 9.97. The van der Waals surface area contributed by atoms with Gasteiger partial charge in [-0.25, -0.2) is 9.78 Å². The SMILES string of the molecule is C=CCNCC(=O)NC(C)c1nc(C(=O)O)cs1. The Bertz CT molecular complexity index is 444. The third-order valence-corrected chi connectivity index (χ3v) is 3.09. The van der Waals surface area contributed by atoms with Crippen molar-refractivity contribution in [3.8, 4) is 0 Å². The minimum absolute atomic E-state index is 0.000816. The van der Waals surface area contributed by atoms with Crippen LogP contribution in [0.2, 0.25) is 0 Å². The first kappa shape index (κ1) is 14.3. The second kappa shape index (κ2) is 6.87. The van der Waals surface area contributed by atoms with E-state index in [2.05, 4.69) is 22.2 Å². The fourth-order valence-corrected chi connectivity index (χ4v) is 2.03. The molecule has 0 aliphatic carbocycles. The summed E-state index contributed by atoms with van der Waals surface area (Å²) in [6.45, 7) is 6.03. The lowest BCUT2D eigenvalue weighted by molar-refractivity contribution is -0.120. The first-order chi connectivity index (χ1) is 8.54. The molecule has 1 unspecified atom stereocenters. The van der Waals surface area contributed by atoms with Crippen molar-refractivity contribution < 1.29 is 14.7 Å². The lowest BCUT2D eigenvalue weighted by atomic mass is 10.3. The van der Waals surface area contributed by atoms with Gasteiger partial charge in [0.15, 0.2) is 5.69 Å². The molecule has 1 atom stereocenters. The van der Waals surface area contributed by atoms with Gasteiger partial charge in [0.05, 0.1) is 12.6 Å². The van der Waals surface area contributed by atoms with Crippen molar-refractivity contribution in [3.05, 3.63) is 28.7 Å². The van der Waals surface area contributed by atoms with Crippen LogP contribution < -0.4 is 10.6 Å². The van der Waals surface area contributed by atoms with Crippen LogP contribution in [0.5, 0.6) is 0 Å². The van der Waals surface area contributed by atoms with Crippen LogP contribution in [0, 0.1) is 0 Å². The zero-order chi connectivity index (χ0) is 13.5. The van der Waals surface area contributed by atoms with Crippen molar-refractivity contribution in [2.24, 2.45) is 0 Å². The Morgan fingerprint density at radius 1 is 1.67 bits per heavy atom. The smallest absolute Gasteiger partial charge is 0.355 e. The number of nitrogens with zero attached hydrogens (tertiary/aromatic N) is 1. The molecule has 18 heavy (non-hydrogen) atoms. The standard InChI is InChI=1S/C11H15N3O3S/c1-3-4-12-5-9(15)13-7(2)10-14-8(6-18-10)11(16)17/h3,6-7,12H,1,4-5H2,2H3,(H,13,15)(H,16,17). The monoisotopic (exact) mass is 269 g/mol. The summed E-state index contributed by atoms with van der Waals surface area (Å²) in [6.07, 6.45) is 1.66. The molecule has 0 fully saturated rings. The van der Waals surface area contributed by atoms with E-state index < -0.39 is 5.97 Å². The Balaban J connectivity index is 2.48. The largest absolute Gasteiger partial charge is 0.476 e. The average Bonchev–Trinajstić information content (AvgIpc) is 2.78. The molecule has 3 N–H and O–H groups in total. The highest BCUT2D eigenvalue weighted by Gasteiger charge is 2.15. The van der Waals surface area contributed by atoms with Crippen LogP contribution in [0.25, 0.3) is 0 Å². The lowest BCUT2D eigenvalue weighted by Crippen LogP contribution is -2.35. The zero-order valence-corrected chi connectivity index (χ0v) is 10.8. The normalized spacial score (nSPS) is 11.8. The van der Waals surface area contributed by atoms with Crippen molar-refractivity contribution in [1.82, 2.24) is 15.6 Å². The summed E-state index contributed by atoms with van der Waals surface area (Å²) in [4.78, 5) is 26.1. The average molecular weight is 269 g/mol. The van der Waals surface area contributed by atoms with Gasteiger partial charge in [-0.2, -0.15) is 0 Å². The maximum atomic E-state index is 11.5. The minimum atomic E-state index is -1.07. The maximum absolute atomic E-state index is 11.5. The van der Waals surface area contributed by atoms with E-state index in [1.165, 1.54) is 16.7 Å². The molecule has 1 rings (SSSR count). The number of amides is 1. The van der Waals surface area contributed by atoms with Crippen molar-refractivity contribution in [2.75, 3.05) is 13.1 Å². The highest BCUT2D eigenvalue weighted by atomic mass is 32.1. The molecule has 0 spiro atoms. The van der Waals surface area contributed by atoms with E-state index >= 15 is 0 Å². The molecule has 0 saturated heterocycles. The maximum Gasteiger partial charge on any atom is 0.355 e. The third kappa shape index (κ3) is 4.27. The first-order valence-corrected chi connectivity index (χ1v) is 6.22. The number of carboxylic acids is 1. The Labute approximate surface area is 109 Å². The van der Waals surface area contributed by atoms with Crippen LogP contribution in [-0.2, 0) is 4.79 Å². The van der Waals surface area contributed by atoms with Crippen LogP contribution in [-0.4, -0.2) is 35.1 Å². The summed E-state index contributed by atoms with van der Waals surface area (Å²) in [5, 5.41) is 16.4. The van der Waals surface area contributed by atoms with E-state index in [0.29, 0.717) is 11.6 Å². The van der Waals surface area contributed by atoms with Crippen molar-refractivity contribution in [3.63, 3.8) is 0 Å². The van der Waals surface area contributed by atoms with Crippen LogP contribution in [0.15, 0.2) is 18.0 Å². The van der Waals surface area contributed by atoms with Gasteiger partial charge in [0.2, 0.25) is 5.91 Å². The molecule has 1 amide bonds. The summed E-state index contributed by atoms with van der Waals surface area (Å²) in [6, 6.07) is -0.305. The highest BCUT2D eigenvalue weighted by molar-refractivity contribution is 7.09. The number of carboxylic acid groups (broad SMARTS) is 1. The molecule has 6 nitrogen and oxygen atoms in total. The number of hydrogen-bond acceptors (Lipinski definition) is 5. The Morgan fingerprint density at radius 3 is 2.94 bits per heavy atom. The predicted octanol–water partition coefficient (Wildman–Crippen LogP) is 0.794. The number of rotatable bonds is 7. The topological polar surface area (TPSA) is 91.3 Å². The number of carbonyl (C=O) groups is 2. The molecule has 0 bridgehead atoms. The number of nitrogens with one attached hydrogen (secondary N) is 2. The van der Waals surface area contributed by atoms with Crippen LogP contribution in [0.1, 0.15) is 28.5 Å². The fraction of sp³-hybridized carbons (Fsp3) is 0.364. The molecule has 0 saturated carbocycles. The second-order valence-electron chi connectivity index (χ2n) is 3.58. The van der Waals surface area contributed by atoms with Gasteiger partial charge in [0.25, 0.3) is 0 Å². The van der Waals surface area contributed by atoms with E-state index in [4.69, 9.17) is 5.11 Å². The molecule has 0 aromatic carbocycles. The molecule has 98 valence electrons. The number of hydrogen-bond donors (Lipinski definition) is 3. The van der Waals surface area contributed by atoms with Gasteiger partial charge in [0.1, 0.15) is 5.01 Å². The molecule has 0 radical (unpaired) electrons. The molecule has 0 aliphatic rings. The minimum Gasteiger partial charge on any atom is -0.476 e. The fourth-order valence-electron chi connectivity index (χ4n) is 1.23. The van der Waals surface area contributed by atoms with Gasteiger partial charge in [-0.1, -0.05) is 6.08 Å². The number of aromatic nitrogens is 1. The molecule has 1 aromatic rings. The second-order valence-corrected chi connectivity index (χ2v) is 4.47. The molecule has 1 heterocycles. The predicted molar refractivity (Wildman–Crippen MR) is 68.7 cm³/mol. The van der Waals surface area contributed by atoms with Crippen LogP contribution in [0.3, 0.4) is 0 Å². The van der Waals surface area contributed by atoms with Gasteiger partial charge in [0, 0.05) is 11.9 Å². The number of carbonyl (C=O) groups excluding carboxylic acids is 1. The van der Waals surface area contributed by atoms with Crippen molar-refractivity contribution in [1.29, 1.82) is 0 Å². The Kier molecular flexibility index (Phi) is 5.47. The Hall–Kier alpha value is -1.73. The van der Waals surface area contributed by atoms with Gasteiger partial charge in [-0.05, 0) is 6.92 Å². The van der Waals surface area contributed by atoms with Crippen LogP contribution in [0.4, 0.5) is 0 Å². The Morgan fingerprint density at radius 2 is 2.39 bits per heavy atom. The summed E-state index contributed by atoms with van der Waals surface area (Å²) in [5.74, 6) is -1.24. The molecule has 1 aromatic heterocycles. The van der Waals surface area contributed by atoms with E-state index in [0.717, 1.165) is 0 Å². The first-order valence-electron chi connectivity index (χ1n) is 5.34. The van der Waals surface area contributed by atoms with Crippen LogP contribution >= 0.6 is 11.3 Å². The van der Waals surface area contributed by atoms with Crippen molar-refractivity contribution in [2.45, 2.75) is 13.0 Å². The van der Waals surface area contributed by atoms with E-state index in [-0.39, 0.29) is 24.2 Å². The molecule has 7 heteroatoms. The summed E-state index contributed by atoms with van der Waals surface area (Å²) in [5.41, 5.74) is 0.000816. The van der Waals surface area contributed by atoms with Gasteiger partial charge < -0.3 is 15.7 Å². The summed E-state index contributed by atoms with van der Waals surface area (Å²) < 4.78 is 0. The van der Waals surface area contributed by atoms with Gasteiger partial charge in [-0.3, -0.25) is 4.79 Å². The highest BCUT2D eigenvalue weighted by Crippen LogP contribution is 2.17. The molecule has 0 aliphatic heterocycles.